The molecule has 0 radical (unpaired) electrons. The first-order chi connectivity index (χ1) is 8.59. The van der Waals surface area contributed by atoms with Gasteiger partial charge in [0.2, 0.25) is 11.8 Å². The van der Waals surface area contributed by atoms with E-state index in [1.54, 1.807) is 11.9 Å². The Morgan fingerprint density at radius 3 is 2.39 bits per heavy atom. The highest BCUT2D eigenvalue weighted by molar-refractivity contribution is 5.85. The van der Waals surface area contributed by atoms with Gasteiger partial charge in [0.1, 0.15) is 6.29 Å². The summed E-state index contributed by atoms with van der Waals surface area (Å²) in [6.45, 7) is 3.11. The third-order valence-corrected chi connectivity index (χ3v) is 3.72. The molecule has 1 saturated heterocycles. The van der Waals surface area contributed by atoms with Crippen molar-refractivity contribution in [2.45, 2.75) is 39.0 Å². The maximum Gasteiger partial charge on any atom is 0.226 e. The van der Waals surface area contributed by atoms with Gasteiger partial charge in [-0.2, -0.15) is 0 Å². The third-order valence-electron chi connectivity index (χ3n) is 3.72. The minimum atomic E-state index is -0.612. The predicted octanol–water partition coefficient (Wildman–Crippen LogP) is 0.730. The fourth-order valence-corrected chi connectivity index (χ4v) is 2.50. The lowest BCUT2D eigenvalue weighted by Gasteiger charge is -2.39. The van der Waals surface area contributed by atoms with Crippen molar-refractivity contribution in [3.05, 3.63) is 0 Å². The highest BCUT2D eigenvalue weighted by atomic mass is 16.2. The Bertz CT molecular complexity index is 320. The summed E-state index contributed by atoms with van der Waals surface area (Å²) in [5, 5.41) is 2.63. The third kappa shape index (κ3) is 3.09. The number of carbonyl (C=O) groups excluding carboxylic acids is 3. The molecule has 1 N–H and O–H groups in total. The van der Waals surface area contributed by atoms with Crippen LogP contribution in [0.1, 0.15) is 39.0 Å². The van der Waals surface area contributed by atoms with Crippen molar-refractivity contribution in [2.24, 2.45) is 5.41 Å². The number of aldehydes is 1. The van der Waals surface area contributed by atoms with Gasteiger partial charge in [-0.05, 0) is 19.3 Å². The topological polar surface area (TPSA) is 66.5 Å². The van der Waals surface area contributed by atoms with Crippen LogP contribution in [0.25, 0.3) is 0 Å². The summed E-state index contributed by atoms with van der Waals surface area (Å²) < 4.78 is 0. The fraction of sp³-hybridized carbons (Fsp3) is 0.769. The van der Waals surface area contributed by atoms with Crippen molar-refractivity contribution in [1.29, 1.82) is 0 Å². The Morgan fingerprint density at radius 1 is 1.33 bits per heavy atom. The summed E-state index contributed by atoms with van der Waals surface area (Å²) in [5.74, 6) is 0.0614. The number of likely N-dealkylation sites (tertiary alicyclic amines) is 1. The molecule has 0 aromatic heterocycles. The van der Waals surface area contributed by atoms with E-state index in [1.165, 1.54) is 0 Å². The van der Waals surface area contributed by atoms with Gasteiger partial charge in [0.15, 0.2) is 0 Å². The second-order valence-corrected chi connectivity index (χ2v) is 4.86. The van der Waals surface area contributed by atoms with Gasteiger partial charge >= 0.3 is 0 Å². The molecule has 0 unspecified atom stereocenters. The predicted molar refractivity (Wildman–Crippen MR) is 67.9 cm³/mol. The van der Waals surface area contributed by atoms with E-state index in [-0.39, 0.29) is 18.2 Å². The van der Waals surface area contributed by atoms with Gasteiger partial charge in [-0.25, -0.2) is 0 Å². The van der Waals surface area contributed by atoms with Gasteiger partial charge in [0.05, 0.1) is 5.41 Å². The molecule has 1 fully saturated rings. The van der Waals surface area contributed by atoms with E-state index in [0.717, 1.165) is 12.7 Å². The molecule has 2 amide bonds. The Balaban J connectivity index is 2.65. The second kappa shape index (κ2) is 6.52. The standard InChI is InChI=1S/C13H22N2O3/c1-3-4-11(17)15-8-5-13(6-9-15,7-10-16)12(18)14-2/h10H,3-9H2,1-2H3,(H,14,18). The van der Waals surface area contributed by atoms with E-state index < -0.39 is 5.41 Å². The quantitative estimate of drug-likeness (QED) is 0.735. The van der Waals surface area contributed by atoms with Gasteiger partial charge < -0.3 is 15.0 Å². The summed E-state index contributed by atoms with van der Waals surface area (Å²) in [6.07, 6.45) is 3.58. The van der Waals surface area contributed by atoms with Crippen LogP contribution in [0.4, 0.5) is 0 Å². The van der Waals surface area contributed by atoms with Crippen LogP contribution in [0.15, 0.2) is 0 Å². The van der Waals surface area contributed by atoms with Crippen LogP contribution in [0, 0.1) is 5.41 Å². The first-order valence-corrected chi connectivity index (χ1v) is 6.53. The molecule has 0 spiro atoms. The SMILES string of the molecule is CCCC(=O)N1CCC(CC=O)(C(=O)NC)CC1. The van der Waals surface area contributed by atoms with Crippen LogP contribution in [0.5, 0.6) is 0 Å². The summed E-state index contributed by atoms with van der Waals surface area (Å²) in [5.41, 5.74) is -0.612. The van der Waals surface area contributed by atoms with Gasteiger partial charge in [-0.15, -0.1) is 0 Å². The maximum absolute atomic E-state index is 11.9. The molecule has 0 aliphatic carbocycles. The van der Waals surface area contributed by atoms with Crippen LogP contribution < -0.4 is 5.32 Å². The fourth-order valence-electron chi connectivity index (χ4n) is 2.50. The van der Waals surface area contributed by atoms with Crippen LogP contribution in [0.3, 0.4) is 0 Å². The van der Waals surface area contributed by atoms with E-state index in [4.69, 9.17) is 0 Å². The van der Waals surface area contributed by atoms with E-state index in [0.29, 0.717) is 32.4 Å². The number of nitrogens with one attached hydrogen (secondary N) is 1. The lowest BCUT2D eigenvalue weighted by molar-refractivity contribution is -0.141. The molecule has 5 nitrogen and oxygen atoms in total. The number of rotatable bonds is 5. The highest BCUT2D eigenvalue weighted by Crippen LogP contribution is 2.34. The number of hydrogen-bond acceptors (Lipinski definition) is 3. The molecule has 0 aromatic carbocycles. The van der Waals surface area contributed by atoms with Crippen molar-refractivity contribution in [2.75, 3.05) is 20.1 Å². The molecule has 102 valence electrons. The molecular weight excluding hydrogens is 232 g/mol. The minimum Gasteiger partial charge on any atom is -0.359 e. The molecule has 0 saturated carbocycles. The van der Waals surface area contributed by atoms with E-state index in [2.05, 4.69) is 5.32 Å². The normalized spacial score (nSPS) is 18.2. The molecule has 0 bridgehead atoms. The number of piperidine rings is 1. The summed E-state index contributed by atoms with van der Waals surface area (Å²) in [6, 6.07) is 0. The lowest BCUT2D eigenvalue weighted by Crippen LogP contribution is -2.49. The number of carbonyl (C=O) groups is 3. The molecule has 0 aromatic rings. The van der Waals surface area contributed by atoms with Crippen LogP contribution >= 0.6 is 0 Å². The Kier molecular flexibility index (Phi) is 5.31. The van der Waals surface area contributed by atoms with Crippen molar-refractivity contribution in [1.82, 2.24) is 10.2 Å². The lowest BCUT2D eigenvalue weighted by atomic mass is 9.75. The van der Waals surface area contributed by atoms with Crippen molar-refractivity contribution in [3.8, 4) is 0 Å². The first kappa shape index (κ1) is 14.7. The minimum absolute atomic E-state index is 0.0859. The van der Waals surface area contributed by atoms with Gasteiger partial charge in [0.25, 0.3) is 0 Å². The number of amides is 2. The first-order valence-electron chi connectivity index (χ1n) is 6.53. The van der Waals surface area contributed by atoms with Gasteiger partial charge in [0, 0.05) is 33.0 Å². The Hall–Kier alpha value is -1.39. The molecule has 5 heteroatoms. The molecule has 1 heterocycles. The summed E-state index contributed by atoms with van der Waals surface area (Å²) in [4.78, 5) is 36.2. The van der Waals surface area contributed by atoms with Gasteiger partial charge in [-0.1, -0.05) is 6.92 Å². The molecule has 0 atom stereocenters. The highest BCUT2D eigenvalue weighted by Gasteiger charge is 2.41. The van der Waals surface area contributed by atoms with E-state index in [9.17, 15) is 14.4 Å². The summed E-state index contributed by atoms with van der Waals surface area (Å²) in [7, 11) is 1.59. The molecular formula is C13H22N2O3. The zero-order valence-electron chi connectivity index (χ0n) is 11.2. The van der Waals surface area contributed by atoms with E-state index in [1.807, 2.05) is 6.92 Å². The van der Waals surface area contributed by atoms with E-state index >= 15 is 0 Å². The molecule has 1 aliphatic heterocycles. The second-order valence-electron chi connectivity index (χ2n) is 4.86. The van der Waals surface area contributed by atoms with Gasteiger partial charge in [-0.3, -0.25) is 9.59 Å². The van der Waals surface area contributed by atoms with Crippen molar-refractivity contribution < 1.29 is 14.4 Å². The molecule has 18 heavy (non-hydrogen) atoms. The zero-order chi connectivity index (χ0) is 13.6. The van der Waals surface area contributed by atoms with Crippen LogP contribution in [-0.4, -0.2) is 43.1 Å². The van der Waals surface area contributed by atoms with Crippen LogP contribution in [0.2, 0.25) is 0 Å². The monoisotopic (exact) mass is 254 g/mol. The zero-order valence-corrected chi connectivity index (χ0v) is 11.2. The van der Waals surface area contributed by atoms with Crippen molar-refractivity contribution in [3.63, 3.8) is 0 Å². The largest absolute Gasteiger partial charge is 0.359 e. The summed E-state index contributed by atoms with van der Waals surface area (Å²) >= 11 is 0. The van der Waals surface area contributed by atoms with Crippen molar-refractivity contribution >= 4 is 18.1 Å². The molecule has 1 rings (SSSR count). The Morgan fingerprint density at radius 2 is 1.94 bits per heavy atom. The smallest absolute Gasteiger partial charge is 0.226 e. The van der Waals surface area contributed by atoms with Crippen LogP contribution in [-0.2, 0) is 14.4 Å². The maximum atomic E-state index is 11.9. The molecule has 1 aliphatic rings. The Labute approximate surface area is 108 Å². The number of nitrogens with zero attached hydrogens (tertiary/aromatic N) is 1. The number of hydrogen-bond donors (Lipinski definition) is 1. The average Bonchev–Trinajstić information content (AvgIpc) is 2.39. The average molecular weight is 254 g/mol.